The summed E-state index contributed by atoms with van der Waals surface area (Å²) in [7, 11) is 0. The number of rotatable bonds is 3. The van der Waals surface area contributed by atoms with Crippen LogP contribution in [0.3, 0.4) is 0 Å². The van der Waals surface area contributed by atoms with E-state index in [1.165, 1.54) is 24.3 Å². The molecule has 1 N–H and O–H groups in total. The summed E-state index contributed by atoms with van der Waals surface area (Å²) in [5.74, 6) is -1.48. The summed E-state index contributed by atoms with van der Waals surface area (Å²) < 4.78 is 19.3. The Morgan fingerprint density at radius 3 is 2.63 bits per heavy atom. The highest BCUT2D eigenvalue weighted by Gasteiger charge is 2.13. The molecular weight excluding hydrogens is 338 g/mol. The lowest BCUT2D eigenvalue weighted by Gasteiger charge is -2.09. The van der Waals surface area contributed by atoms with Crippen LogP contribution in [0.2, 0.25) is 5.02 Å². The van der Waals surface area contributed by atoms with Gasteiger partial charge in [-0.2, -0.15) is 0 Å². The Labute approximate surface area is 121 Å². The number of carboxylic acids is 1. The maximum Gasteiger partial charge on any atom is 0.339 e. The molecule has 0 aliphatic heterocycles. The van der Waals surface area contributed by atoms with E-state index in [1.807, 2.05) is 0 Å². The van der Waals surface area contributed by atoms with Crippen LogP contribution in [0, 0.1) is 5.82 Å². The normalized spacial score (nSPS) is 10.3. The molecule has 19 heavy (non-hydrogen) atoms. The minimum absolute atomic E-state index is 0.0152. The van der Waals surface area contributed by atoms with Gasteiger partial charge < -0.3 is 9.84 Å². The standard InChI is InChI=1S/C13H7BrClFO3/c14-7-1-3-9(13(17)18)12(5-7)19-8-2-4-10(15)11(16)6-8/h1-6H,(H,17,18). The van der Waals surface area contributed by atoms with Crippen LogP contribution in [0.25, 0.3) is 0 Å². The number of ether oxygens (including phenoxy) is 1. The van der Waals surface area contributed by atoms with Gasteiger partial charge in [0.2, 0.25) is 0 Å². The molecule has 3 nitrogen and oxygen atoms in total. The first-order valence-corrected chi connectivity index (χ1v) is 6.30. The van der Waals surface area contributed by atoms with Crippen LogP contribution in [0.4, 0.5) is 4.39 Å². The van der Waals surface area contributed by atoms with Gasteiger partial charge in [-0.05, 0) is 30.3 Å². The molecule has 0 heterocycles. The molecule has 2 aromatic rings. The van der Waals surface area contributed by atoms with Gasteiger partial charge in [0.1, 0.15) is 22.9 Å². The van der Waals surface area contributed by atoms with Gasteiger partial charge in [0.15, 0.2) is 0 Å². The van der Waals surface area contributed by atoms with Crippen LogP contribution in [0.5, 0.6) is 11.5 Å². The van der Waals surface area contributed by atoms with E-state index < -0.39 is 11.8 Å². The fourth-order valence-corrected chi connectivity index (χ4v) is 1.88. The number of hydrogen-bond acceptors (Lipinski definition) is 2. The lowest BCUT2D eigenvalue weighted by molar-refractivity contribution is 0.0694. The molecule has 2 rings (SSSR count). The average molecular weight is 346 g/mol. The maximum atomic E-state index is 13.3. The van der Waals surface area contributed by atoms with E-state index in [9.17, 15) is 9.18 Å². The van der Waals surface area contributed by atoms with Crippen LogP contribution < -0.4 is 4.74 Å². The Hall–Kier alpha value is -1.59. The number of benzene rings is 2. The van der Waals surface area contributed by atoms with Gasteiger partial charge in [0.05, 0.1) is 5.02 Å². The fourth-order valence-electron chi connectivity index (χ4n) is 1.42. The molecule has 0 saturated heterocycles. The van der Waals surface area contributed by atoms with Crippen LogP contribution >= 0.6 is 27.5 Å². The molecule has 0 bridgehead atoms. The molecule has 6 heteroatoms. The highest BCUT2D eigenvalue weighted by Crippen LogP contribution is 2.30. The molecular formula is C13H7BrClFO3. The SMILES string of the molecule is O=C(O)c1ccc(Br)cc1Oc1ccc(Cl)c(F)c1. The zero-order valence-electron chi connectivity index (χ0n) is 9.36. The molecule has 0 spiro atoms. The summed E-state index contributed by atoms with van der Waals surface area (Å²) in [5, 5.41) is 9.02. The molecule has 0 amide bonds. The molecule has 2 aromatic carbocycles. The third-order valence-electron chi connectivity index (χ3n) is 2.29. The summed E-state index contributed by atoms with van der Waals surface area (Å²) in [6.07, 6.45) is 0. The van der Waals surface area contributed by atoms with Crippen molar-refractivity contribution in [2.75, 3.05) is 0 Å². The Morgan fingerprint density at radius 2 is 2.00 bits per heavy atom. The van der Waals surface area contributed by atoms with E-state index >= 15 is 0 Å². The molecule has 0 aliphatic rings. The van der Waals surface area contributed by atoms with Gasteiger partial charge >= 0.3 is 5.97 Å². The Kier molecular flexibility index (Phi) is 4.07. The molecule has 0 fully saturated rings. The summed E-state index contributed by atoms with van der Waals surface area (Å²) in [6.45, 7) is 0. The molecule has 0 atom stereocenters. The van der Waals surface area contributed by atoms with E-state index in [4.69, 9.17) is 21.4 Å². The second-order valence-electron chi connectivity index (χ2n) is 3.62. The summed E-state index contributed by atoms with van der Waals surface area (Å²) in [5.41, 5.74) is -0.0152. The number of aromatic carboxylic acids is 1. The first-order valence-electron chi connectivity index (χ1n) is 5.13. The number of halogens is 3. The molecule has 0 aromatic heterocycles. The van der Waals surface area contributed by atoms with E-state index in [0.29, 0.717) is 4.47 Å². The summed E-state index contributed by atoms with van der Waals surface area (Å²) in [6, 6.07) is 8.36. The van der Waals surface area contributed by atoms with E-state index in [1.54, 1.807) is 6.07 Å². The van der Waals surface area contributed by atoms with Gasteiger partial charge in [-0.3, -0.25) is 0 Å². The van der Waals surface area contributed by atoms with Gasteiger partial charge in [-0.1, -0.05) is 27.5 Å². The minimum atomic E-state index is -1.13. The predicted molar refractivity (Wildman–Crippen MR) is 72.6 cm³/mol. The third kappa shape index (κ3) is 3.24. The topological polar surface area (TPSA) is 46.5 Å². The van der Waals surface area contributed by atoms with Crippen LogP contribution in [0.1, 0.15) is 10.4 Å². The van der Waals surface area contributed by atoms with E-state index in [0.717, 1.165) is 6.07 Å². The second kappa shape index (κ2) is 5.59. The quantitative estimate of drug-likeness (QED) is 0.874. The highest BCUT2D eigenvalue weighted by atomic mass is 79.9. The molecule has 0 saturated carbocycles. The van der Waals surface area contributed by atoms with Crippen molar-refractivity contribution in [2.45, 2.75) is 0 Å². The molecule has 98 valence electrons. The third-order valence-corrected chi connectivity index (χ3v) is 3.09. The lowest BCUT2D eigenvalue weighted by atomic mass is 10.2. The van der Waals surface area contributed by atoms with Crippen LogP contribution in [-0.2, 0) is 0 Å². The van der Waals surface area contributed by atoms with Crippen molar-refractivity contribution in [3.63, 3.8) is 0 Å². The van der Waals surface area contributed by atoms with Crippen molar-refractivity contribution >= 4 is 33.5 Å². The van der Waals surface area contributed by atoms with Crippen molar-refractivity contribution < 1.29 is 19.0 Å². The van der Waals surface area contributed by atoms with Crippen molar-refractivity contribution in [2.24, 2.45) is 0 Å². The van der Waals surface area contributed by atoms with Gasteiger partial charge in [0, 0.05) is 10.5 Å². The Bertz CT molecular complexity index is 646. The fraction of sp³-hybridized carbons (Fsp3) is 0. The Morgan fingerprint density at radius 1 is 1.26 bits per heavy atom. The number of carbonyl (C=O) groups is 1. The van der Waals surface area contributed by atoms with Crippen molar-refractivity contribution in [1.82, 2.24) is 0 Å². The van der Waals surface area contributed by atoms with Crippen LogP contribution in [-0.4, -0.2) is 11.1 Å². The Balaban J connectivity index is 2.39. The van der Waals surface area contributed by atoms with Crippen molar-refractivity contribution in [3.05, 3.63) is 57.3 Å². The lowest BCUT2D eigenvalue weighted by Crippen LogP contribution is -2.00. The average Bonchev–Trinajstić information content (AvgIpc) is 2.33. The number of carboxylic acid groups (broad SMARTS) is 1. The molecule has 0 radical (unpaired) electrons. The van der Waals surface area contributed by atoms with Crippen LogP contribution in [0.15, 0.2) is 40.9 Å². The summed E-state index contributed by atoms with van der Waals surface area (Å²) >= 11 is 8.78. The van der Waals surface area contributed by atoms with Crippen molar-refractivity contribution in [1.29, 1.82) is 0 Å². The van der Waals surface area contributed by atoms with Gasteiger partial charge in [0.25, 0.3) is 0 Å². The molecule has 0 unspecified atom stereocenters. The smallest absolute Gasteiger partial charge is 0.339 e. The maximum absolute atomic E-state index is 13.3. The molecule has 0 aliphatic carbocycles. The van der Waals surface area contributed by atoms with Gasteiger partial charge in [-0.15, -0.1) is 0 Å². The number of hydrogen-bond donors (Lipinski definition) is 1. The largest absolute Gasteiger partial charge is 0.478 e. The van der Waals surface area contributed by atoms with E-state index in [-0.39, 0.29) is 22.1 Å². The monoisotopic (exact) mass is 344 g/mol. The first kappa shape index (κ1) is 13.8. The zero-order valence-corrected chi connectivity index (χ0v) is 11.7. The second-order valence-corrected chi connectivity index (χ2v) is 4.95. The van der Waals surface area contributed by atoms with Gasteiger partial charge in [-0.25, -0.2) is 9.18 Å². The minimum Gasteiger partial charge on any atom is -0.478 e. The van der Waals surface area contributed by atoms with Crippen molar-refractivity contribution in [3.8, 4) is 11.5 Å². The summed E-state index contributed by atoms with van der Waals surface area (Å²) in [4.78, 5) is 11.1. The zero-order chi connectivity index (χ0) is 14.0. The van der Waals surface area contributed by atoms with E-state index in [2.05, 4.69) is 15.9 Å². The predicted octanol–water partition coefficient (Wildman–Crippen LogP) is 4.73. The first-order chi connectivity index (χ1) is 8.97. The highest BCUT2D eigenvalue weighted by molar-refractivity contribution is 9.10.